The third kappa shape index (κ3) is 5.34. The zero-order chi connectivity index (χ0) is 15.9. The molecule has 3 amide bonds. The fraction of sp³-hybridized carbons (Fsp3) is 0.357. The van der Waals surface area contributed by atoms with Crippen molar-refractivity contribution in [3.63, 3.8) is 0 Å². The summed E-state index contributed by atoms with van der Waals surface area (Å²) in [6, 6.07) is 6.08. The lowest BCUT2D eigenvalue weighted by atomic mass is 10.2. The van der Waals surface area contributed by atoms with Crippen LogP contribution in [0, 0.1) is 5.82 Å². The van der Waals surface area contributed by atoms with E-state index in [-0.39, 0.29) is 61.4 Å². The van der Waals surface area contributed by atoms with E-state index in [1.54, 1.807) is 25.2 Å². The average Bonchev–Trinajstić information content (AvgIpc) is 2.83. The van der Waals surface area contributed by atoms with Gasteiger partial charge in [-0.05, 0) is 6.07 Å². The maximum atomic E-state index is 13.5. The number of carbonyl (C=O) groups is 2. The molecule has 0 unspecified atom stereocenters. The van der Waals surface area contributed by atoms with Gasteiger partial charge in [0.15, 0.2) is 5.96 Å². The van der Waals surface area contributed by atoms with Gasteiger partial charge in [0.05, 0.1) is 6.54 Å². The van der Waals surface area contributed by atoms with Gasteiger partial charge in [0.25, 0.3) is 0 Å². The molecular formula is C14H19FIN5O2. The molecule has 0 atom stereocenters. The summed E-state index contributed by atoms with van der Waals surface area (Å²) < 4.78 is 13.5. The van der Waals surface area contributed by atoms with Crippen molar-refractivity contribution in [2.75, 3.05) is 26.7 Å². The van der Waals surface area contributed by atoms with Crippen molar-refractivity contribution in [3.05, 3.63) is 35.6 Å². The Morgan fingerprint density at radius 3 is 2.70 bits per heavy atom. The van der Waals surface area contributed by atoms with Crippen molar-refractivity contribution < 1.29 is 14.0 Å². The van der Waals surface area contributed by atoms with Gasteiger partial charge in [-0.1, -0.05) is 18.2 Å². The molecule has 1 aromatic rings. The predicted molar refractivity (Wildman–Crippen MR) is 95.1 cm³/mol. The molecule has 1 aliphatic rings. The molecule has 0 aromatic heterocycles. The highest BCUT2D eigenvalue weighted by Crippen LogP contribution is 2.05. The molecule has 1 aromatic carbocycles. The van der Waals surface area contributed by atoms with Gasteiger partial charge < -0.3 is 16.0 Å². The molecule has 9 heteroatoms. The Morgan fingerprint density at radius 1 is 1.35 bits per heavy atom. The third-order valence-electron chi connectivity index (χ3n) is 3.19. The summed E-state index contributed by atoms with van der Waals surface area (Å²) in [6.45, 7) is 0.926. The molecular weight excluding hydrogens is 416 g/mol. The van der Waals surface area contributed by atoms with E-state index in [2.05, 4.69) is 20.9 Å². The van der Waals surface area contributed by atoms with E-state index >= 15 is 0 Å². The normalized spacial score (nSPS) is 14.3. The molecule has 0 radical (unpaired) electrons. The number of guanidine groups is 1. The first-order chi connectivity index (χ1) is 10.6. The second-order valence-corrected chi connectivity index (χ2v) is 4.65. The molecule has 126 valence electrons. The Morgan fingerprint density at radius 2 is 2.09 bits per heavy atom. The minimum atomic E-state index is -0.388. The summed E-state index contributed by atoms with van der Waals surface area (Å²) in [5.74, 6) is -0.0683. The predicted octanol–water partition coefficient (Wildman–Crippen LogP) is 0.660. The standard InChI is InChI=1S/C14H18FN5O2.HI/c1-16-13(18-8-10-4-2-3-5-11(10)15)17-6-7-20-12(21)9-19-14(20)22;/h2-5H,6-9H2,1H3,(H,19,22)(H2,16,17,18);1H. The number of benzene rings is 1. The lowest BCUT2D eigenvalue weighted by Crippen LogP contribution is -2.43. The van der Waals surface area contributed by atoms with E-state index in [9.17, 15) is 14.0 Å². The molecule has 3 N–H and O–H groups in total. The van der Waals surface area contributed by atoms with Crippen LogP contribution in [0.25, 0.3) is 0 Å². The van der Waals surface area contributed by atoms with Crippen LogP contribution in [0.1, 0.15) is 5.56 Å². The summed E-state index contributed by atoms with van der Waals surface area (Å²) in [5, 5.41) is 8.39. The second-order valence-electron chi connectivity index (χ2n) is 4.65. The van der Waals surface area contributed by atoms with Crippen LogP contribution >= 0.6 is 24.0 Å². The van der Waals surface area contributed by atoms with Crippen LogP contribution in [0.2, 0.25) is 0 Å². The van der Waals surface area contributed by atoms with Crippen molar-refractivity contribution in [3.8, 4) is 0 Å². The maximum absolute atomic E-state index is 13.5. The molecule has 23 heavy (non-hydrogen) atoms. The number of hydrogen-bond acceptors (Lipinski definition) is 3. The van der Waals surface area contributed by atoms with E-state index in [4.69, 9.17) is 0 Å². The first-order valence-electron chi connectivity index (χ1n) is 6.88. The highest BCUT2D eigenvalue weighted by Gasteiger charge is 2.27. The number of amides is 3. The van der Waals surface area contributed by atoms with Crippen LogP contribution in [-0.4, -0.2) is 49.5 Å². The number of rotatable bonds is 5. The van der Waals surface area contributed by atoms with Crippen molar-refractivity contribution >= 4 is 41.9 Å². The smallest absolute Gasteiger partial charge is 0.324 e. The largest absolute Gasteiger partial charge is 0.355 e. The number of urea groups is 1. The fourth-order valence-corrected chi connectivity index (χ4v) is 2.01. The van der Waals surface area contributed by atoms with Crippen LogP contribution in [0.15, 0.2) is 29.3 Å². The molecule has 0 aliphatic carbocycles. The van der Waals surface area contributed by atoms with Gasteiger partial charge in [0.2, 0.25) is 5.91 Å². The van der Waals surface area contributed by atoms with Crippen LogP contribution in [0.3, 0.4) is 0 Å². The van der Waals surface area contributed by atoms with E-state index in [0.717, 1.165) is 4.90 Å². The summed E-state index contributed by atoms with van der Waals surface area (Å²) in [5.41, 5.74) is 0.527. The Balaban J connectivity index is 0.00000264. The SMILES string of the molecule is CN=C(NCCN1C(=O)CNC1=O)NCc1ccccc1F.I. The van der Waals surface area contributed by atoms with E-state index in [1.807, 2.05) is 0 Å². The molecule has 7 nitrogen and oxygen atoms in total. The van der Waals surface area contributed by atoms with E-state index in [0.29, 0.717) is 18.1 Å². The quantitative estimate of drug-likeness (QED) is 0.275. The molecule has 0 bridgehead atoms. The second kappa shape index (κ2) is 9.28. The lowest BCUT2D eigenvalue weighted by Gasteiger charge is -2.15. The zero-order valence-electron chi connectivity index (χ0n) is 12.6. The molecule has 1 fully saturated rings. The minimum Gasteiger partial charge on any atom is -0.355 e. The number of aliphatic imine (C=N–C) groups is 1. The molecule has 0 saturated carbocycles. The van der Waals surface area contributed by atoms with E-state index < -0.39 is 0 Å². The monoisotopic (exact) mass is 435 g/mol. The summed E-state index contributed by atoms with van der Waals surface area (Å²) in [6.07, 6.45) is 0. The van der Waals surface area contributed by atoms with Gasteiger partial charge in [-0.2, -0.15) is 0 Å². The first kappa shape index (κ1) is 19.1. The maximum Gasteiger partial charge on any atom is 0.324 e. The molecule has 2 rings (SSSR count). The number of hydrogen-bond donors (Lipinski definition) is 3. The van der Waals surface area contributed by atoms with Crippen molar-refractivity contribution in [1.82, 2.24) is 20.9 Å². The topological polar surface area (TPSA) is 85.8 Å². The van der Waals surface area contributed by atoms with Gasteiger partial charge >= 0.3 is 6.03 Å². The Labute approximate surface area is 150 Å². The number of nitrogens with zero attached hydrogens (tertiary/aromatic N) is 2. The molecule has 0 spiro atoms. The van der Waals surface area contributed by atoms with Crippen LogP contribution < -0.4 is 16.0 Å². The number of carbonyl (C=O) groups excluding carboxylic acids is 2. The van der Waals surface area contributed by atoms with Gasteiger partial charge in [-0.15, -0.1) is 24.0 Å². The average molecular weight is 435 g/mol. The van der Waals surface area contributed by atoms with Gasteiger partial charge in [0, 0.05) is 32.2 Å². The molecule has 1 saturated heterocycles. The van der Waals surface area contributed by atoms with Crippen LogP contribution in [-0.2, 0) is 11.3 Å². The van der Waals surface area contributed by atoms with E-state index in [1.165, 1.54) is 6.07 Å². The highest BCUT2D eigenvalue weighted by atomic mass is 127. The van der Waals surface area contributed by atoms with Crippen molar-refractivity contribution in [1.29, 1.82) is 0 Å². The van der Waals surface area contributed by atoms with Crippen molar-refractivity contribution in [2.24, 2.45) is 4.99 Å². The Kier molecular flexibility index (Phi) is 7.72. The third-order valence-corrected chi connectivity index (χ3v) is 3.19. The van der Waals surface area contributed by atoms with Gasteiger partial charge in [0.1, 0.15) is 5.82 Å². The molecule has 1 aliphatic heterocycles. The minimum absolute atomic E-state index is 0. The number of halogens is 2. The Hall–Kier alpha value is -1.91. The van der Waals surface area contributed by atoms with Gasteiger partial charge in [-0.3, -0.25) is 14.7 Å². The highest BCUT2D eigenvalue weighted by molar-refractivity contribution is 14.0. The van der Waals surface area contributed by atoms with Crippen molar-refractivity contribution in [2.45, 2.75) is 6.54 Å². The number of imide groups is 1. The van der Waals surface area contributed by atoms with Gasteiger partial charge in [-0.25, -0.2) is 9.18 Å². The fourth-order valence-electron chi connectivity index (χ4n) is 2.01. The lowest BCUT2D eigenvalue weighted by molar-refractivity contribution is -0.124. The summed E-state index contributed by atoms with van der Waals surface area (Å²) in [4.78, 5) is 27.9. The van der Waals surface area contributed by atoms with Crippen LogP contribution in [0.5, 0.6) is 0 Å². The molecule has 1 heterocycles. The summed E-state index contributed by atoms with van der Waals surface area (Å²) in [7, 11) is 1.59. The summed E-state index contributed by atoms with van der Waals surface area (Å²) >= 11 is 0. The Bertz CT molecular complexity index is 580. The first-order valence-corrected chi connectivity index (χ1v) is 6.88. The van der Waals surface area contributed by atoms with Crippen LogP contribution in [0.4, 0.5) is 9.18 Å². The number of nitrogens with one attached hydrogen (secondary N) is 3. The zero-order valence-corrected chi connectivity index (χ0v) is 15.0.